The summed E-state index contributed by atoms with van der Waals surface area (Å²) in [5, 5.41) is 6.87. The van der Waals surface area contributed by atoms with Gasteiger partial charge >= 0.3 is 0 Å². The highest BCUT2D eigenvalue weighted by molar-refractivity contribution is 9.10. The molecule has 1 N–H and O–H groups in total. The molecule has 0 aliphatic carbocycles. The van der Waals surface area contributed by atoms with Crippen LogP contribution in [0, 0.1) is 6.92 Å². The Balaban J connectivity index is 2.20. The molecule has 0 atom stereocenters. The lowest BCUT2D eigenvalue weighted by Gasteiger charge is -2.05. The second kappa shape index (κ2) is 7.38. The number of hydrogen-bond acceptors (Lipinski definition) is 4. The standard InChI is InChI=1S/C15H17BrN2O3/c1-10-13(15(19)17-7-4-8-20-2)14(18-21-10)11-5-3-6-12(16)9-11/h3,5-6,9H,4,7-8H2,1-2H3,(H,17,19). The number of carbonyl (C=O) groups excluding carboxylic acids is 1. The molecule has 1 aromatic carbocycles. The van der Waals surface area contributed by atoms with Crippen molar-refractivity contribution in [2.45, 2.75) is 13.3 Å². The Kier molecular flexibility index (Phi) is 5.52. The lowest BCUT2D eigenvalue weighted by molar-refractivity contribution is 0.0947. The fourth-order valence-corrected chi connectivity index (χ4v) is 2.38. The normalized spacial score (nSPS) is 10.6. The number of halogens is 1. The maximum absolute atomic E-state index is 12.3. The molecule has 2 rings (SSSR count). The van der Waals surface area contributed by atoms with Gasteiger partial charge in [-0.05, 0) is 25.5 Å². The predicted octanol–water partition coefficient (Wildman–Crippen LogP) is 3.18. The third kappa shape index (κ3) is 3.92. The predicted molar refractivity (Wildman–Crippen MR) is 83.2 cm³/mol. The molecule has 0 fully saturated rings. The van der Waals surface area contributed by atoms with Crippen molar-refractivity contribution in [1.29, 1.82) is 0 Å². The van der Waals surface area contributed by atoms with E-state index in [1.807, 2.05) is 24.3 Å². The maximum atomic E-state index is 12.3. The number of rotatable bonds is 6. The fraction of sp³-hybridized carbons (Fsp3) is 0.333. The first kappa shape index (κ1) is 15.7. The number of methoxy groups -OCH3 is 1. The van der Waals surface area contributed by atoms with Gasteiger partial charge in [-0.2, -0.15) is 0 Å². The van der Waals surface area contributed by atoms with E-state index in [1.165, 1.54) is 0 Å². The number of carbonyl (C=O) groups is 1. The Hall–Kier alpha value is -1.66. The summed E-state index contributed by atoms with van der Waals surface area (Å²) in [7, 11) is 1.64. The van der Waals surface area contributed by atoms with Gasteiger partial charge < -0.3 is 14.6 Å². The molecule has 112 valence electrons. The topological polar surface area (TPSA) is 64.4 Å². The van der Waals surface area contributed by atoms with Gasteiger partial charge in [0.2, 0.25) is 0 Å². The highest BCUT2D eigenvalue weighted by atomic mass is 79.9. The minimum absolute atomic E-state index is 0.181. The molecular weight excluding hydrogens is 336 g/mol. The van der Waals surface area contributed by atoms with Gasteiger partial charge in [-0.25, -0.2) is 0 Å². The lowest BCUT2D eigenvalue weighted by Crippen LogP contribution is -2.26. The molecule has 5 nitrogen and oxygen atoms in total. The van der Waals surface area contributed by atoms with Crippen molar-refractivity contribution in [3.63, 3.8) is 0 Å². The molecule has 0 spiro atoms. The largest absolute Gasteiger partial charge is 0.385 e. The number of nitrogens with zero attached hydrogens (tertiary/aromatic N) is 1. The van der Waals surface area contributed by atoms with Crippen LogP contribution >= 0.6 is 15.9 Å². The summed E-state index contributed by atoms with van der Waals surface area (Å²) in [4.78, 5) is 12.3. The van der Waals surface area contributed by atoms with Gasteiger partial charge in [0.25, 0.3) is 5.91 Å². The van der Waals surface area contributed by atoms with Crippen LogP contribution in [-0.2, 0) is 4.74 Å². The van der Waals surface area contributed by atoms with Gasteiger partial charge in [-0.1, -0.05) is 33.2 Å². The van der Waals surface area contributed by atoms with Crippen molar-refractivity contribution >= 4 is 21.8 Å². The van der Waals surface area contributed by atoms with E-state index in [9.17, 15) is 4.79 Å². The molecule has 0 unspecified atom stereocenters. The van der Waals surface area contributed by atoms with Crippen molar-refractivity contribution in [1.82, 2.24) is 10.5 Å². The Bertz CT molecular complexity index is 625. The van der Waals surface area contributed by atoms with E-state index in [-0.39, 0.29) is 5.91 Å². The summed E-state index contributed by atoms with van der Waals surface area (Å²) < 4.78 is 11.1. The van der Waals surface area contributed by atoms with Gasteiger partial charge in [0.15, 0.2) is 0 Å². The molecule has 0 aliphatic heterocycles. The minimum atomic E-state index is -0.181. The minimum Gasteiger partial charge on any atom is -0.385 e. The summed E-state index contributed by atoms with van der Waals surface area (Å²) in [6, 6.07) is 7.60. The maximum Gasteiger partial charge on any atom is 0.257 e. The molecule has 1 heterocycles. The Morgan fingerprint density at radius 2 is 2.29 bits per heavy atom. The number of aryl methyl sites for hydroxylation is 1. The van der Waals surface area contributed by atoms with Crippen molar-refractivity contribution in [3.05, 3.63) is 40.1 Å². The van der Waals surface area contributed by atoms with Gasteiger partial charge in [-0.15, -0.1) is 0 Å². The van der Waals surface area contributed by atoms with Gasteiger partial charge in [-0.3, -0.25) is 4.79 Å². The number of hydrogen-bond donors (Lipinski definition) is 1. The average Bonchev–Trinajstić information content (AvgIpc) is 2.85. The molecule has 0 saturated heterocycles. The molecule has 6 heteroatoms. The van der Waals surface area contributed by atoms with Crippen molar-refractivity contribution in [3.8, 4) is 11.3 Å². The smallest absolute Gasteiger partial charge is 0.257 e. The SMILES string of the molecule is COCCCNC(=O)c1c(-c2cccc(Br)c2)noc1C. The van der Waals surface area contributed by atoms with E-state index in [0.717, 1.165) is 16.5 Å². The monoisotopic (exact) mass is 352 g/mol. The number of amides is 1. The molecular formula is C15H17BrN2O3. The van der Waals surface area contributed by atoms with Crippen LogP contribution in [0.2, 0.25) is 0 Å². The molecule has 1 aromatic heterocycles. The first-order valence-electron chi connectivity index (χ1n) is 6.63. The number of ether oxygens (including phenoxy) is 1. The highest BCUT2D eigenvalue weighted by Crippen LogP contribution is 2.27. The summed E-state index contributed by atoms with van der Waals surface area (Å²) in [6.45, 7) is 2.90. The van der Waals surface area contributed by atoms with E-state index in [1.54, 1.807) is 14.0 Å². The van der Waals surface area contributed by atoms with Crippen LogP contribution in [0.25, 0.3) is 11.3 Å². The summed E-state index contributed by atoms with van der Waals surface area (Å²) >= 11 is 3.41. The third-order valence-corrected chi connectivity index (χ3v) is 3.49. The van der Waals surface area contributed by atoms with Crippen molar-refractivity contribution in [2.75, 3.05) is 20.3 Å². The zero-order valence-corrected chi connectivity index (χ0v) is 13.6. The van der Waals surface area contributed by atoms with E-state index in [4.69, 9.17) is 9.26 Å². The first-order valence-corrected chi connectivity index (χ1v) is 7.42. The zero-order valence-electron chi connectivity index (χ0n) is 12.0. The molecule has 0 bridgehead atoms. The zero-order chi connectivity index (χ0) is 15.2. The van der Waals surface area contributed by atoms with Crippen molar-refractivity contribution in [2.24, 2.45) is 0 Å². The average molecular weight is 353 g/mol. The summed E-state index contributed by atoms with van der Waals surface area (Å²) in [5.41, 5.74) is 1.87. The van der Waals surface area contributed by atoms with Crippen LogP contribution in [0.3, 0.4) is 0 Å². The molecule has 1 amide bonds. The van der Waals surface area contributed by atoms with E-state index in [0.29, 0.717) is 30.2 Å². The van der Waals surface area contributed by atoms with Gasteiger partial charge in [0, 0.05) is 30.3 Å². The van der Waals surface area contributed by atoms with Crippen LogP contribution in [0.15, 0.2) is 33.3 Å². The van der Waals surface area contributed by atoms with Gasteiger partial charge in [0.05, 0.1) is 0 Å². The van der Waals surface area contributed by atoms with Crippen molar-refractivity contribution < 1.29 is 14.1 Å². The molecule has 0 radical (unpaired) electrons. The number of aromatic nitrogens is 1. The van der Waals surface area contributed by atoms with Crippen LogP contribution in [-0.4, -0.2) is 31.3 Å². The van der Waals surface area contributed by atoms with E-state index < -0.39 is 0 Å². The van der Waals surface area contributed by atoms with Gasteiger partial charge in [0.1, 0.15) is 17.0 Å². The Morgan fingerprint density at radius 3 is 3.00 bits per heavy atom. The van der Waals surface area contributed by atoms with Crippen LogP contribution in [0.4, 0.5) is 0 Å². The molecule has 0 saturated carbocycles. The number of nitrogens with one attached hydrogen (secondary N) is 1. The van der Waals surface area contributed by atoms with Crippen LogP contribution in [0.1, 0.15) is 22.5 Å². The fourth-order valence-electron chi connectivity index (χ4n) is 1.98. The number of benzene rings is 1. The van der Waals surface area contributed by atoms with E-state index in [2.05, 4.69) is 26.4 Å². The summed E-state index contributed by atoms with van der Waals surface area (Å²) in [5.74, 6) is 0.328. The quantitative estimate of drug-likeness (QED) is 0.811. The molecule has 2 aromatic rings. The highest BCUT2D eigenvalue weighted by Gasteiger charge is 2.21. The third-order valence-electron chi connectivity index (χ3n) is 3.00. The Morgan fingerprint density at radius 1 is 1.48 bits per heavy atom. The second-order valence-corrected chi connectivity index (χ2v) is 5.49. The molecule has 21 heavy (non-hydrogen) atoms. The second-order valence-electron chi connectivity index (χ2n) is 4.57. The Labute approximate surface area is 131 Å². The van der Waals surface area contributed by atoms with Crippen LogP contribution in [0.5, 0.6) is 0 Å². The first-order chi connectivity index (χ1) is 10.1. The van der Waals surface area contributed by atoms with E-state index >= 15 is 0 Å². The lowest BCUT2D eigenvalue weighted by atomic mass is 10.1. The molecule has 0 aliphatic rings. The summed E-state index contributed by atoms with van der Waals surface area (Å²) in [6.07, 6.45) is 0.763. The van der Waals surface area contributed by atoms with Crippen LogP contribution < -0.4 is 5.32 Å².